The number of nitrogens with one attached hydrogen (secondary N) is 2. The number of amides is 1. The molecule has 0 heterocycles. The van der Waals surface area contributed by atoms with E-state index in [9.17, 15) is 14.9 Å². The van der Waals surface area contributed by atoms with Crippen molar-refractivity contribution in [2.24, 2.45) is 0 Å². The summed E-state index contributed by atoms with van der Waals surface area (Å²) < 4.78 is 4.88. The van der Waals surface area contributed by atoms with Gasteiger partial charge in [0.2, 0.25) is 0 Å². The Bertz CT molecular complexity index is 489. The van der Waals surface area contributed by atoms with Gasteiger partial charge in [-0.15, -0.1) is 0 Å². The van der Waals surface area contributed by atoms with Gasteiger partial charge in [0, 0.05) is 30.8 Å². The van der Waals surface area contributed by atoms with Crippen molar-refractivity contribution >= 4 is 11.6 Å². The van der Waals surface area contributed by atoms with E-state index in [1.807, 2.05) is 13.8 Å². The smallest absolute Gasteiger partial charge is 0.311 e. The van der Waals surface area contributed by atoms with Gasteiger partial charge in [0.05, 0.1) is 12.0 Å². The third-order valence-corrected chi connectivity index (χ3v) is 2.60. The number of benzene rings is 1. The predicted octanol–water partition coefficient (Wildman–Crippen LogP) is 1.33. The van der Waals surface area contributed by atoms with Crippen LogP contribution in [0.25, 0.3) is 0 Å². The van der Waals surface area contributed by atoms with Crippen LogP contribution in [0.15, 0.2) is 18.2 Å². The average molecular weight is 281 g/mol. The first-order valence-corrected chi connectivity index (χ1v) is 6.29. The van der Waals surface area contributed by atoms with Crippen LogP contribution in [0.5, 0.6) is 5.75 Å². The quantitative estimate of drug-likeness (QED) is 0.447. The second kappa shape index (κ2) is 7.44. The standard InChI is InChI=1S/C13H19N3O4/c1-9(2)14-6-7-15-13(17)10-4-5-12(20-3)11(8-10)16(18)19/h4-5,8-9,14H,6-7H2,1-3H3,(H,15,17). The molecule has 0 spiro atoms. The molecule has 0 unspecified atom stereocenters. The van der Waals surface area contributed by atoms with Crippen molar-refractivity contribution in [1.29, 1.82) is 0 Å². The van der Waals surface area contributed by atoms with Gasteiger partial charge in [-0.1, -0.05) is 13.8 Å². The molecule has 2 N–H and O–H groups in total. The molecule has 0 aliphatic rings. The van der Waals surface area contributed by atoms with Crippen LogP contribution in [0.2, 0.25) is 0 Å². The molecule has 7 heteroatoms. The fourth-order valence-corrected chi connectivity index (χ4v) is 1.61. The van der Waals surface area contributed by atoms with Crippen molar-refractivity contribution in [3.8, 4) is 5.75 Å². The molecule has 1 rings (SSSR count). The summed E-state index contributed by atoms with van der Waals surface area (Å²) in [6.07, 6.45) is 0. The lowest BCUT2D eigenvalue weighted by Crippen LogP contribution is -2.34. The van der Waals surface area contributed by atoms with Crippen LogP contribution >= 0.6 is 0 Å². The highest BCUT2D eigenvalue weighted by molar-refractivity contribution is 5.95. The minimum Gasteiger partial charge on any atom is -0.490 e. The van der Waals surface area contributed by atoms with E-state index in [0.717, 1.165) is 0 Å². The summed E-state index contributed by atoms with van der Waals surface area (Å²) in [6.45, 7) is 5.11. The minimum absolute atomic E-state index is 0.132. The predicted molar refractivity (Wildman–Crippen MR) is 75.1 cm³/mol. The molecular weight excluding hydrogens is 262 g/mol. The molecule has 20 heavy (non-hydrogen) atoms. The zero-order valence-corrected chi connectivity index (χ0v) is 11.8. The summed E-state index contributed by atoms with van der Waals surface area (Å²) in [4.78, 5) is 22.2. The van der Waals surface area contributed by atoms with Gasteiger partial charge in [-0.2, -0.15) is 0 Å². The number of rotatable bonds is 7. The van der Waals surface area contributed by atoms with Crippen molar-refractivity contribution < 1.29 is 14.5 Å². The molecule has 1 amide bonds. The number of methoxy groups -OCH3 is 1. The lowest BCUT2D eigenvalue weighted by Gasteiger charge is -2.09. The van der Waals surface area contributed by atoms with Gasteiger partial charge in [-0.3, -0.25) is 14.9 Å². The minimum atomic E-state index is -0.573. The molecule has 0 bridgehead atoms. The van der Waals surface area contributed by atoms with Crippen LogP contribution in [-0.2, 0) is 0 Å². The molecule has 0 aromatic heterocycles. The van der Waals surface area contributed by atoms with Gasteiger partial charge in [-0.05, 0) is 12.1 Å². The zero-order chi connectivity index (χ0) is 15.1. The Morgan fingerprint density at radius 2 is 2.10 bits per heavy atom. The Labute approximate surface area is 117 Å². The van der Waals surface area contributed by atoms with E-state index >= 15 is 0 Å². The average Bonchev–Trinajstić information content (AvgIpc) is 2.42. The van der Waals surface area contributed by atoms with E-state index in [1.54, 1.807) is 0 Å². The number of carbonyl (C=O) groups excluding carboxylic acids is 1. The third-order valence-electron chi connectivity index (χ3n) is 2.60. The molecule has 1 aromatic carbocycles. The van der Waals surface area contributed by atoms with Crippen molar-refractivity contribution in [1.82, 2.24) is 10.6 Å². The van der Waals surface area contributed by atoms with Crippen LogP contribution in [0.3, 0.4) is 0 Å². The summed E-state index contributed by atoms with van der Waals surface area (Å²) in [6, 6.07) is 4.47. The first kappa shape index (κ1) is 15.9. The molecule has 0 aliphatic heterocycles. The number of carbonyl (C=O) groups is 1. The lowest BCUT2D eigenvalue weighted by molar-refractivity contribution is -0.385. The Hall–Kier alpha value is -2.15. The Morgan fingerprint density at radius 3 is 2.65 bits per heavy atom. The van der Waals surface area contributed by atoms with Gasteiger partial charge in [0.1, 0.15) is 0 Å². The number of hydrogen-bond donors (Lipinski definition) is 2. The van der Waals surface area contributed by atoms with Gasteiger partial charge in [0.15, 0.2) is 5.75 Å². The fraction of sp³-hybridized carbons (Fsp3) is 0.462. The Kier molecular flexibility index (Phi) is 5.92. The molecule has 0 fully saturated rings. The molecule has 7 nitrogen and oxygen atoms in total. The molecule has 0 saturated heterocycles. The number of ether oxygens (including phenoxy) is 1. The number of nitro groups is 1. The summed E-state index contributed by atoms with van der Waals surface area (Å²) in [5, 5.41) is 16.7. The van der Waals surface area contributed by atoms with E-state index in [1.165, 1.54) is 25.3 Å². The highest BCUT2D eigenvalue weighted by Gasteiger charge is 2.17. The Morgan fingerprint density at radius 1 is 1.40 bits per heavy atom. The van der Waals surface area contributed by atoms with Crippen LogP contribution in [0, 0.1) is 10.1 Å². The summed E-state index contributed by atoms with van der Waals surface area (Å²) in [5.41, 5.74) is 0.0162. The van der Waals surface area contributed by atoms with Crippen molar-refractivity contribution in [2.75, 3.05) is 20.2 Å². The number of nitro benzene ring substituents is 1. The maximum absolute atomic E-state index is 11.9. The molecule has 0 radical (unpaired) electrons. The van der Waals surface area contributed by atoms with E-state index in [-0.39, 0.29) is 22.9 Å². The van der Waals surface area contributed by atoms with Crippen LogP contribution < -0.4 is 15.4 Å². The summed E-state index contributed by atoms with van der Waals surface area (Å²) in [5.74, 6) is -0.214. The van der Waals surface area contributed by atoms with Crippen LogP contribution in [0.4, 0.5) is 5.69 Å². The molecule has 0 saturated carbocycles. The van der Waals surface area contributed by atoms with E-state index < -0.39 is 4.92 Å². The maximum atomic E-state index is 11.9. The first-order valence-electron chi connectivity index (χ1n) is 6.29. The van der Waals surface area contributed by atoms with Gasteiger partial charge >= 0.3 is 5.69 Å². The number of hydrogen-bond acceptors (Lipinski definition) is 5. The largest absolute Gasteiger partial charge is 0.490 e. The maximum Gasteiger partial charge on any atom is 0.311 e. The fourth-order valence-electron chi connectivity index (χ4n) is 1.61. The second-order valence-corrected chi connectivity index (χ2v) is 4.51. The van der Waals surface area contributed by atoms with Crippen molar-refractivity contribution in [3.05, 3.63) is 33.9 Å². The normalized spacial score (nSPS) is 10.4. The SMILES string of the molecule is COc1ccc(C(=O)NCCNC(C)C)cc1[N+](=O)[O-]. The lowest BCUT2D eigenvalue weighted by atomic mass is 10.1. The summed E-state index contributed by atoms with van der Waals surface area (Å²) in [7, 11) is 1.35. The zero-order valence-electron chi connectivity index (χ0n) is 11.8. The molecular formula is C13H19N3O4. The van der Waals surface area contributed by atoms with Crippen molar-refractivity contribution in [3.63, 3.8) is 0 Å². The van der Waals surface area contributed by atoms with E-state index in [4.69, 9.17) is 4.74 Å². The number of nitrogens with zero attached hydrogens (tertiary/aromatic N) is 1. The van der Waals surface area contributed by atoms with Crippen LogP contribution in [-0.4, -0.2) is 37.1 Å². The van der Waals surface area contributed by atoms with Gasteiger partial charge in [-0.25, -0.2) is 0 Å². The first-order chi connectivity index (χ1) is 9.45. The van der Waals surface area contributed by atoms with Crippen molar-refractivity contribution in [2.45, 2.75) is 19.9 Å². The Balaban J connectivity index is 2.69. The molecule has 0 atom stereocenters. The monoisotopic (exact) mass is 281 g/mol. The highest BCUT2D eigenvalue weighted by atomic mass is 16.6. The topological polar surface area (TPSA) is 93.5 Å². The summed E-state index contributed by atoms with van der Waals surface area (Å²) >= 11 is 0. The third kappa shape index (κ3) is 4.51. The molecule has 1 aromatic rings. The van der Waals surface area contributed by atoms with E-state index in [0.29, 0.717) is 19.1 Å². The molecule has 0 aliphatic carbocycles. The highest BCUT2D eigenvalue weighted by Crippen LogP contribution is 2.27. The second-order valence-electron chi connectivity index (χ2n) is 4.51. The van der Waals surface area contributed by atoms with Gasteiger partial charge < -0.3 is 15.4 Å². The van der Waals surface area contributed by atoms with E-state index in [2.05, 4.69) is 10.6 Å². The van der Waals surface area contributed by atoms with Gasteiger partial charge in [0.25, 0.3) is 5.91 Å². The molecule has 110 valence electrons. The van der Waals surface area contributed by atoms with Crippen LogP contribution in [0.1, 0.15) is 24.2 Å².